The van der Waals surface area contributed by atoms with E-state index in [0.717, 1.165) is 10.8 Å². The molecule has 0 radical (unpaired) electrons. The number of aliphatic hydroxyl groups is 2. The Hall–Kier alpha value is -3.33. The molecule has 4 N–H and O–H groups in total. The van der Waals surface area contributed by atoms with Crippen LogP contribution in [0.15, 0.2) is 65.6 Å². The van der Waals surface area contributed by atoms with E-state index in [4.69, 9.17) is 45.3 Å². The highest BCUT2D eigenvalue weighted by molar-refractivity contribution is 8.07. The fourth-order valence-electron chi connectivity index (χ4n) is 3.80. The summed E-state index contributed by atoms with van der Waals surface area (Å²) in [5.41, 5.74) is 1.66. The summed E-state index contributed by atoms with van der Waals surface area (Å²) in [6.07, 6.45) is -8.24. The van der Waals surface area contributed by atoms with Crippen molar-refractivity contribution >= 4 is 24.3 Å². The monoisotopic (exact) mass is 601 g/mol. The zero-order valence-electron chi connectivity index (χ0n) is 21.1. The number of ether oxygens (including phenoxy) is 3. The average molecular weight is 602 g/mol. The third-order valence-electron chi connectivity index (χ3n) is 5.95. The number of anilines is 1. The van der Waals surface area contributed by atoms with E-state index in [1.807, 2.05) is 0 Å². The molecule has 1 saturated heterocycles. The first-order chi connectivity index (χ1) is 19.0. The Bertz CT molecular complexity index is 1360. The lowest BCUT2D eigenvalue weighted by molar-refractivity contribution is -0.192. The van der Waals surface area contributed by atoms with Crippen LogP contribution in [0.1, 0.15) is 6.23 Å². The van der Waals surface area contributed by atoms with E-state index < -0.39 is 49.5 Å². The van der Waals surface area contributed by atoms with Gasteiger partial charge in [-0.15, -0.1) is 0 Å². The van der Waals surface area contributed by atoms with E-state index in [0.29, 0.717) is 11.5 Å². The number of nitrogen functional groups attached to an aromatic ring is 1. The Morgan fingerprint density at radius 2 is 1.52 bits per heavy atom. The number of alkyl halides is 2. The van der Waals surface area contributed by atoms with E-state index >= 15 is 0 Å². The summed E-state index contributed by atoms with van der Waals surface area (Å²) in [4.78, 5) is 15.8. The first-order valence-electron chi connectivity index (χ1n) is 11.6. The summed E-state index contributed by atoms with van der Waals surface area (Å²) in [6.45, 7) is -5.03. The minimum Gasteiger partial charge on any atom is -0.497 e. The molecule has 2 aromatic carbocycles. The minimum atomic E-state index is -3.95. The van der Waals surface area contributed by atoms with E-state index in [1.54, 1.807) is 24.3 Å². The first kappa shape index (κ1) is 29.6. The molecular formula is C24H26F2N3O9PS. The number of methoxy groups -OCH3 is 2. The van der Waals surface area contributed by atoms with Gasteiger partial charge in [0.05, 0.1) is 20.8 Å². The second kappa shape index (κ2) is 12.0. The molecule has 0 saturated carbocycles. The van der Waals surface area contributed by atoms with Gasteiger partial charge in [0, 0.05) is 18.0 Å². The van der Waals surface area contributed by atoms with Gasteiger partial charge in [-0.3, -0.25) is 9.09 Å². The maximum absolute atomic E-state index is 14.5. The number of nitrogens with two attached hydrogens (primary N) is 1. The van der Waals surface area contributed by atoms with Gasteiger partial charge < -0.3 is 39.2 Å². The minimum absolute atomic E-state index is 0.134. The van der Waals surface area contributed by atoms with E-state index in [2.05, 4.69) is 4.98 Å². The van der Waals surface area contributed by atoms with Crippen molar-refractivity contribution in [3.8, 4) is 23.0 Å². The third-order valence-corrected chi connectivity index (χ3v) is 8.03. The maximum Gasteiger partial charge on any atom is 0.435 e. The maximum atomic E-state index is 14.5. The summed E-state index contributed by atoms with van der Waals surface area (Å²) >= 11 is 5.54. The number of aromatic nitrogens is 2. The fourth-order valence-corrected chi connectivity index (χ4v) is 5.73. The van der Waals surface area contributed by atoms with E-state index in [9.17, 15) is 23.8 Å². The van der Waals surface area contributed by atoms with Crippen molar-refractivity contribution in [2.24, 2.45) is 0 Å². The fraction of sp³-hybridized carbons (Fsp3) is 0.333. The Balaban J connectivity index is 1.64. The molecule has 2 heterocycles. The lowest BCUT2D eigenvalue weighted by Gasteiger charge is -2.33. The molecule has 16 heteroatoms. The summed E-state index contributed by atoms with van der Waals surface area (Å²) in [5.74, 6) is 1.25. The molecule has 1 aliphatic rings. The smallest absolute Gasteiger partial charge is 0.435 e. The van der Waals surface area contributed by atoms with E-state index in [-0.39, 0.29) is 17.3 Å². The van der Waals surface area contributed by atoms with Gasteiger partial charge in [-0.05, 0) is 54.6 Å². The summed E-state index contributed by atoms with van der Waals surface area (Å²) in [7, 11) is 2.95. The van der Waals surface area contributed by atoms with Gasteiger partial charge in [0.15, 0.2) is 11.8 Å². The molecule has 2 unspecified atom stereocenters. The molecule has 12 nitrogen and oxygen atoms in total. The molecule has 0 bridgehead atoms. The molecule has 1 fully saturated rings. The van der Waals surface area contributed by atoms with Gasteiger partial charge in [0.2, 0.25) is 0 Å². The van der Waals surface area contributed by atoms with Crippen LogP contribution in [0.4, 0.5) is 14.6 Å². The van der Waals surface area contributed by atoms with Crippen molar-refractivity contribution in [1.82, 2.24) is 9.55 Å². The van der Waals surface area contributed by atoms with Crippen molar-refractivity contribution in [3.05, 3.63) is 71.3 Å². The zero-order chi connectivity index (χ0) is 29.1. The van der Waals surface area contributed by atoms with Crippen LogP contribution in [0, 0.1) is 0 Å². The number of hydrogen-bond acceptors (Lipinski definition) is 12. The van der Waals surface area contributed by atoms with Crippen LogP contribution in [-0.2, 0) is 21.1 Å². The first-order valence-corrected chi connectivity index (χ1v) is 14.1. The zero-order valence-corrected chi connectivity index (χ0v) is 22.8. The standard InChI is InChI=1S/C24H26F2N3O9PS/c1-33-14-3-7-16(8-4-14)37-39(40,38-17-9-5-15(34-2)6-10-17)35-13-24(22(25)26)20(31)19(30)21(36-24)29-12-11-18(27)28-23(29)32/h3-12,19-22,30-31H,13H2,1-2H3,(H2,27,28,32)/t19?,20?,21-,24-/m1/s1. The number of benzene rings is 2. The molecule has 3 aromatic rings. The van der Waals surface area contributed by atoms with Gasteiger partial charge in [-0.25, -0.2) is 13.6 Å². The van der Waals surface area contributed by atoms with Crippen LogP contribution < -0.4 is 29.9 Å². The second-order valence-electron chi connectivity index (χ2n) is 8.50. The van der Waals surface area contributed by atoms with Crippen molar-refractivity contribution in [3.63, 3.8) is 0 Å². The van der Waals surface area contributed by atoms with Gasteiger partial charge in [0.1, 0.15) is 41.0 Å². The predicted molar refractivity (Wildman–Crippen MR) is 141 cm³/mol. The highest BCUT2D eigenvalue weighted by Crippen LogP contribution is 2.52. The van der Waals surface area contributed by atoms with Crippen LogP contribution in [-0.4, -0.2) is 64.8 Å². The predicted octanol–water partition coefficient (Wildman–Crippen LogP) is 2.50. The highest BCUT2D eigenvalue weighted by Gasteiger charge is 2.61. The molecular weight excluding hydrogens is 575 g/mol. The number of rotatable bonds is 11. The normalized spacial score (nSPS) is 22.7. The van der Waals surface area contributed by atoms with Crippen LogP contribution >= 0.6 is 6.72 Å². The number of aliphatic hydroxyl groups excluding tert-OH is 2. The topological polar surface area (TPSA) is 157 Å². The Labute approximate surface area is 232 Å². The van der Waals surface area contributed by atoms with Gasteiger partial charge in [0.25, 0.3) is 6.43 Å². The van der Waals surface area contributed by atoms with Crippen molar-refractivity contribution < 1.29 is 46.8 Å². The van der Waals surface area contributed by atoms with Crippen molar-refractivity contribution in [2.45, 2.75) is 30.5 Å². The Morgan fingerprint density at radius 1 is 1.02 bits per heavy atom. The molecule has 4 rings (SSSR count). The summed E-state index contributed by atoms with van der Waals surface area (Å²) in [6, 6.07) is 13.5. The Morgan fingerprint density at radius 3 is 1.98 bits per heavy atom. The van der Waals surface area contributed by atoms with Gasteiger partial charge in [-0.1, -0.05) is 0 Å². The number of nitrogens with zero attached hydrogens (tertiary/aromatic N) is 2. The van der Waals surface area contributed by atoms with Gasteiger partial charge >= 0.3 is 12.4 Å². The largest absolute Gasteiger partial charge is 0.497 e. The number of hydrogen-bond donors (Lipinski definition) is 3. The molecule has 0 aliphatic carbocycles. The average Bonchev–Trinajstić information content (AvgIpc) is 3.19. The highest BCUT2D eigenvalue weighted by atomic mass is 32.5. The van der Waals surface area contributed by atoms with Gasteiger partial charge in [-0.2, -0.15) is 4.98 Å². The Kier molecular flexibility index (Phi) is 8.93. The summed E-state index contributed by atoms with van der Waals surface area (Å²) < 4.78 is 62.8. The van der Waals surface area contributed by atoms with Crippen LogP contribution in [0.25, 0.3) is 0 Å². The molecule has 216 valence electrons. The molecule has 1 aliphatic heterocycles. The molecule has 1 aromatic heterocycles. The molecule has 0 amide bonds. The molecule has 40 heavy (non-hydrogen) atoms. The second-order valence-corrected chi connectivity index (χ2v) is 11.4. The molecule has 4 atom stereocenters. The van der Waals surface area contributed by atoms with Crippen molar-refractivity contribution in [1.29, 1.82) is 0 Å². The van der Waals surface area contributed by atoms with Crippen LogP contribution in [0.3, 0.4) is 0 Å². The third kappa shape index (κ3) is 6.19. The summed E-state index contributed by atoms with van der Waals surface area (Å²) in [5, 5.41) is 21.3. The van der Waals surface area contributed by atoms with Crippen molar-refractivity contribution in [2.75, 3.05) is 26.6 Å². The number of halogens is 2. The SMILES string of the molecule is COc1ccc(OP(=S)(OC[C@@]2(C(F)F)O[C@@H](n3ccc(N)nc3=O)C(O)C2O)Oc2ccc(OC)cc2)cc1. The quantitative estimate of drug-likeness (QED) is 0.277. The lowest BCUT2D eigenvalue weighted by Crippen LogP contribution is -2.52. The van der Waals surface area contributed by atoms with Crippen LogP contribution in [0.5, 0.6) is 23.0 Å². The van der Waals surface area contributed by atoms with E-state index in [1.165, 1.54) is 44.6 Å². The lowest BCUT2D eigenvalue weighted by atomic mass is 9.96. The molecule has 0 spiro atoms. The van der Waals surface area contributed by atoms with Crippen LogP contribution in [0.2, 0.25) is 0 Å².